The minimum Gasteiger partial charge on any atom is -0.365 e. The molecular weight excluding hydrogens is 515 g/mol. The van der Waals surface area contributed by atoms with Crippen LogP contribution in [0.5, 0.6) is 0 Å². The van der Waals surface area contributed by atoms with Crippen molar-refractivity contribution >= 4 is 45.6 Å². The summed E-state index contributed by atoms with van der Waals surface area (Å²) in [7, 11) is 0. The van der Waals surface area contributed by atoms with Gasteiger partial charge in [0.1, 0.15) is 15.8 Å². The van der Waals surface area contributed by atoms with Crippen molar-refractivity contribution in [3.05, 3.63) is 62.6 Å². The first kappa shape index (κ1) is 24.6. The topological polar surface area (TPSA) is 102 Å². The van der Waals surface area contributed by atoms with Crippen LogP contribution in [0.15, 0.2) is 30.3 Å². The molecule has 2 amide bonds. The lowest BCUT2D eigenvalue weighted by atomic mass is 9.88. The average molecular weight is 538 g/mol. The molecule has 3 atom stereocenters. The second-order valence-corrected chi connectivity index (χ2v) is 10.7. The highest BCUT2D eigenvalue weighted by atomic mass is 35.5. The third-order valence-corrected chi connectivity index (χ3v) is 8.23. The zero-order chi connectivity index (χ0) is 25.8. The Balaban J connectivity index is 1.50. The van der Waals surface area contributed by atoms with Crippen LogP contribution in [-0.4, -0.2) is 27.8 Å². The smallest absolute Gasteiger partial charge is 0.365 e. The molecule has 0 fully saturated rings. The van der Waals surface area contributed by atoms with Crippen LogP contribution in [0.3, 0.4) is 0 Å². The molecule has 190 valence electrons. The van der Waals surface area contributed by atoms with Gasteiger partial charge in [0, 0.05) is 11.3 Å². The van der Waals surface area contributed by atoms with Gasteiger partial charge in [-0.15, -0.1) is 11.3 Å². The van der Waals surface area contributed by atoms with Gasteiger partial charge in [0.25, 0.3) is 11.8 Å². The van der Waals surface area contributed by atoms with Gasteiger partial charge in [-0.3, -0.25) is 9.59 Å². The molecule has 2 aliphatic rings. The summed E-state index contributed by atoms with van der Waals surface area (Å²) < 4.78 is 42.8. The van der Waals surface area contributed by atoms with E-state index in [0.29, 0.717) is 17.9 Å². The number of aromatic nitrogens is 2. The lowest BCUT2D eigenvalue weighted by molar-refractivity contribution is -0.173. The molecule has 1 aromatic carbocycles. The number of nitrogens with one attached hydrogen (secondary N) is 2. The van der Waals surface area contributed by atoms with Crippen LogP contribution in [-0.2, 0) is 12.8 Å². The number of carbonyl (C=O) groups is 2. The second kappa shape index (κ2) is 9.11. The highest BCUT2D eigenvalue weighted by Gasteiger charge is 2.48. The Kier molecular flexibility index (Phi) is 6.24. The fourth-order valence-electron chi connectivity index (χ4n) is 4.90. The Morgan fingerprint density at radius 3 is 2.67 bits per heavy atom. The van der Waals surface area contributed by atoms with Crippen molar-refractivity contribution in [2.45, 2.75) is 50.9 Å². The summed E-state index contributed by atoms with van der Waals surface area (Å²) in [6.45, 7) is 2.10. The van der Waals surface area contributed by atoms with E-state index in [-0.39, 0.29) is 33.5 Å². The van der Waals surface area contributed by atoms with Crippen molar-refractivity contribution in [1.82, 2.24) is 9.78 Å². The van der Waals surface area contributed by atoms with Gasteiger partial charge in [-0.1, -0.05) is 48.9 Å². The summed E-state index contributed by atoms with van der Waals surface area (Å²) in [5.41, 5.74) is 6.97. The van der Waals surface area contributed by atoms with E-state index in [2.05, 4.69) is 22.7 Å². The SMILES string of the molecule is C[C@@H]1CCc2c(sc(NC(=O)c3nn4c(c3Cl)N[C@H](c3ccccc3)C[C@H]4C(F)(F)F)c2C(N)=O)C1. The summed E-state index contributed by atoms with van der Waals surface area (Å²) in [5.74, 6) is -1.14. The molecule has 3 heterocycles. The number of carbonyl (C=O) groups excluding carboxylic acids is 2. The van der Waals surface area contributed by atoms with E-state index in [4.69, 9.17) is 17.3 Å². The van der Waals surface area contributed by atoms with Gasteiger partial charge >= 0.3 is 6.18 Å². The molecule has 5 rings (SSSR count). The second-order valence-electron chi connectivity index (χ2n) is 9.23. The molecule has 0 saturated carbocycles. The standard InChI is InChI=1S/C24H23ClF3N5O2S/c1-11-7-8-13-15(9-11)36-23(17(13)20(29)34)31-22(35)19-18(25)21-30-14(12-5-3-2-4-6-12)10-16(24(26,27)28)33(21)32-19/h2-6,11,14,16,30H,7-10H2,1H3,(H2,29,34)(H,31,35)/t11-,14+,16+/m1/s1. The molecule has 0 radical (unpaired) electrons. The predicted molar refractivity (Wildman–Crippen MR) is 132 cm³/mol. The van der Waals surface area contributed by atoms with Crippen molar-refractivity contribution in [3.63, 3.8) is 0 Å². The van der Waals surface area contributed by atoms with Crippen LogP contribution in [0.4, 0.5) is 24.0 Å². The van der Waals surface area contributed by atoms with Gasteiger partial charge in [-0.2, -0.15) is 18.3 Å². The van der Waals surface area contributed by atoms with Gasteiger partial charge in [-0.05, 0) is 36.3 Å². The fourth-order valence-corrected chi connectivity index (χ4v) is 6.58. The average Bonchev–Trinajstić information content (AvgIpc) is 3.35. The van der Waals surface area contributed by atoms with E-state index < -0.39 is 30.1 Å². The maximum absolute atomic E-state index is 14.0. The quantitative estimate of drug-likeness (QED) is 0.395. The minimum atomic E-state index is -4.62. The Morgan fingerprint density at radius 1 is 1.28 bits per heavy atom. The monoisotopic (exact) mass is 537 g/mol. The van der Waals surface area contributed by atoms with Crippen molar-refractivity contribution in [1.29, 1.82) is 0 Å². The number of primary amides is 1. The van der Waals surface area contributed by atoms with Crippen LogP contribution in [0.2, 0.25) is 5.02 Å². The fraction of sp³-hybridized carbons (Fsp3) is 0.375. The van der Waals surface area contributed by atoms with E-state index in [1.165, 1.54) is 11.3 Å². The summed E-state index contributed by atoms with van der Waals surface area (Å²) in [6.07, 6.45) is -2.62. The van der Waals surface area contributed by atoms with Crippen LogP contribution in [0.1, 0.15) is 68.7 Å². The van der Waals surface area contributed by atoms with Gasteiger partial charge in [0.15, 0.2) is 11.7 Å². The van der Waals surface area contributed by atoms with Gasteiger partial charge in [0.2, 0.25) is 0 Å². The molecule has 0 saturated heterocycles. The van der Waals surface area contributed by atoms with E-state index in [0.717, 1.165) is 28.0 Å². The molecule has 4 N–H and O–H groups in total. The van der Waals surface area contributed by atoms with Crippen molar-refractivity contribution < 1.29 is 22.8 Å². The van der Waals surface area contributed by atoms with Gasteiger partial charge in [-0.25, -0.2) is 4.68 Å². The molecule has 1 aliphatic heterocycles. The molecule has 3 aromatic rings. The number of alkyl halides is 3. The molecule has 0 spiro atoms. The third-order valence-electron chi connectivity index (χ3n) is 6.70. The van der Waals surface area contributed by atoms with E-state index >= 15 is 0 Å². The molecule has 0 unspecified atom stereocenters. The zero-order valence-corrected chi connectivity index (χ0v) is 20.7. The lowest BCUT2D eigenvalue weighted by Gasteiger charge is -2.33. The Labute approximate surface area is 213 Å². The van der Waals surface area contributed by atoms with Crippen molar-refractivity contribution in [2.24, 2.45) is 11.7 Å². The summed E-state index contributed by atoms with van der Waals surface area (Å²) >= 11 is 7.69. The molecule has 12 heteroatoms. The molecule has 1 aliphatic carbocycles. The highest BCUT2D eigenvalue weighted by molar-refractivity contribution is 7.17. The Bertz CT molecular complexity index is 1340. The summed E-state index contributed by atoms with van der Waals surface area (Å²) in [4.78, 5) is 26.4. The first-order valence-electron chi connectivity index (χ1n) is 11.5. The van der Waals surface area contributed by atoms with Crippen molar-refractivity contribution in [3.8, 4) is 0 Å². The number of anilines is 2. The number of hydrogen-bond acceptors (Lipinski definition) is 5. The largest absolute Gasteiger partial charge is 0.410 e. The van der Waals surface area contributed by atoms with Crippen LogP contribution < -0.4 is 16.4 Å². The molecule has 0 bridgehead atoms. The van der Waals surface area contributed by atoms with Crippen molar-refractivity contribution in [2.75, 3.05) is 10.6 Å². The van der Waals surface area contributed by atoms with Gasteiger partial charge < -0.3 is 16.4 Å². The van der Waals surface area contributed by atoms with Crippen LogP contribution in [0.25, 0.3) is 0 Å². The maximum Gasteiger partial charge on any atom is 0.410 e. The van der Waals surface area contributed by atoms with E-state index in [1.54, 1.807) is 30.3 Å². The number of rotatable bonds is 4. The number of halogens is 4. The van der Waals surface area contributed by atoms with Crippen LogP contribution in [0, 0.1) is 5.92 Å². The summed E-state index contributed by atoms with van der Waals surface area (Å²) in [6, 6.07) is 6.05. The number of amides is 2. The predicted octanol–water partition coefficient (Wildman–Crippen LogP) is 5.73. The number of nitrogens with zero attached hydrogens (tertiary/aromatic N) is 2. The minimum absolute atomic E-state index is 0.0846. The number of nitrogens with two attached hydrogens (primary N) is 1. The summed E-state index contributed by atoms with van der Waals surface area (Å²) in [5, 5.41) is 9.66. The number of hydrogen-bond donors (Lipinski definition) is 3. The zero-order valence-electron chi connectivity index (χ0n) is 19.2. The molecule has 36 heavy (non-hydrogen) atoms. The normalized spacial score (nSPS) is 21.3. The first-order valence-corrected chi connectivity index (χ1v) is 12.7. The number of fused-ring (bicyclic) bond motifs is 2. The number of benzene rings is 1. The van der Waals surface area contributed by atoms with Crippen LogP contribution >= 0.6 is 22.9 Å². The first-order chi connectivity index (χ1) is 17.0. The Morgan fingerprint density at radius 2 is 2.00 bits per heavy atom. The van der Waals surface area contributed by atoms with Gasteiger partial charge in [0.05, 0.1) is 11.6 Å². The lowest BCUT2D eigenvalue weighted by Crippen LogP contribution is -2.35. The van der Waals surface area contributed by atoms with E-state index in [1.807, 2.05) is 0 Å². The van der Waals surface area contributed by atoms with E-state index in [9.17, 15) is 22.8 Å². The third kappa shape index (κ3) is 4.34. The molecular formula is C24H23ClF3N5O2S. The number of thiophene rings is 1. The molecule has 7 nitrogen and oxygen atoms in total. The highest BCUT2D eigenvalue weighted by Crippen LogP contribution is 2.46. The molecule has 2 aromatic heterocycles. The Hall–Kier alpha value is -3.05. The maximum atomic E-state index is 14.0.